The average Bonchev–Trinajstić information content (AvgIpc) is 2.74. The third-order valence-electron chi connectivity index (χ3n) is 2.79. The van der Waals surface area contributed by atoms with Gasteiger partial charge in [-0.05, 0) is 37.1 Å². The molecule has 3 nitrogen and oxygen atoms in total. The van der Waals surface area contributed by atoms with Crippen LogP contribution in [0.5, 0.6) is 0 Å². The number of urea groups is 1. The maximum absolute atomic E-state index is 11.6. The van der Waals surface area contributed by atoms with Gasteiger partial charge < -0.3 is 10.6 Å². The third-order valence-corrected chi connectivity index (χ3v) is 3.32. The molecule has 1 aliphatic rings. The zero-order valence-electron chi connectivity index (χ0n) is 9.00. The molecule has 2 N–H and O–H groups in total. The zero-order chi connectivity index (χ0) is 11.4. The van der Waals surface area contributed by atoms with E-state index in [1.165, 1.54) is 12.8 Å². The van der Waals surface area contributed by atoms with Crippen molar-refractivity contribution in [1.29, 1.82) is 0 Å². The fraction of sp³-hybridized carbons (Fsp3) is 0.417. The van der Waals surface area contributed by atoms with Crippen LogP contribution in [0.4, 0.5) is 10.5 Å². The minimum atomic E-state index is -0.103. The van der Waals surface area contributed by atoms with Crippen LogP contribution in [0.25, 0.3) is 0 Å². The first-order chi connectivity index (χ1) is 7.74. The van der Waals surface area contributed by atoms with E-state index in [9.17, 15) is 4.79 Å². The normalized spacial score (nSPS) is 16.1. The molecule has 4 heteroatoms. The minimum absolute atomic E-state index is 0.103. The van der Waals surface area contributed by atoms with Gasteiger partial charge in [0.25, 0.3) is 0 Å². The molecular formula is C12H15BrN2O. The van der Waals surface area contributed by atoms with Gasteiger partial charge in [0.15, 0.2) is 0 Å². The maximum Gasteiger partial charge on any atom is 0.319 e. The van der Waals surface area contributed by atoms with Crippen molar-refractivity contribution < 1.29 is 4.79 Å². The van der Waals surface area contributed by atoms with Crippen LogP contribution in [-0.4, -0.2) is 12.1 Å². The van der Waals surface area contributed by atoms with Crippen LogP contribution in [0.3, 0.4) is 0 Å². The Hall–Kier alpha value is -1.03. The predicted octanol–water partition coefficient (Wildman–Crippen LogP) is 3.51. The number of carbonyl (C=O) groups excluding carboxylic acids is 1. The van der Waals surface area contributed by atoms with Crippen molar-refractivity contribution in [3.05, 3.63) is 28.7 Å². The van der Waals surface area contributed by atoms with Crippen LogP contribution in [0.15, 0.2) is 28.7 Å². The largest absolute Gasteiger partial charge is 0.335 e. The molecule has 1 saturated carbocycles. The highest BCUT2D eigenvalue weighted by Crippen LogP contribution is 2.18. The summed E-state index contributed by atoms with van der Waals surface area (Å²) in [5.74, 6) is 0. The van der Waals surface area contributed by atoms with Gasteiger partial charge in [-0.25, -0.2) is 4.79 Å². The van der Waals surface area contributed by atoms with Crippen LogP contribution >= 0.6 is 15.9 Å². The topological polar surface area (TPSA) is 41.1 Å². The molecule has 2 amide bonds. The summed E-state index contributed by atoms with van der Waals surface area (Å²) in [5.41, 5.74) is 0.818. The quantitative estimate of drug-likeness (QED) is 0.856. The summed E-state index contributed by atoms with van der Waals surface area (Å²) in [7, 11) is 0. The van der Waals surface area contributed by atoms with Gasteiger partial charge in [0.1, 0.15) is 0 Å². The van der Waals surface area contributed by atoms with Crippen molar-refractivity contribution in [2.75, 3.05) is 5.32 Å². The fourth-order valence-corrected chi connectivity index (χ4v) is 2.22. The Labute approximate surface area is 104 Å². The number of amides is 2. The number of benzene rings is 1. The van der Waals surface area contributed by atoms with Gasteiger partial charge in [-0.1, -0.05) is 28.8 Å². The Kier molecular flexibility index (Phi) is 3.83. The molecule has 0 saturated heterocycles. The summed E-state index contributed by atoms with van der Waals surface area (Å²) in [5, 5.41) is 5.81. The summed E-state index contributed by atoms with van der Waals surface area (Å²) >= 11 is 3.35. The van der Waals surface area contributed by atoms with Gasteiger partial charge >= 0.3 is 6.03 Å². The first-order valence-corrected chi connectivity index (χ1v) is 6.36. The van der Waals surface area contributed by atoms with E-state index >= 15 is 0 Å². The van der Waals surface area contributed by atoms with E-state index in [4.69, 9.17) is 0 Å². The Balaban J connectivity index is 1.84. The molecule has 0 heterocycles. The lowest BCUT2D eigenvalue weighted by molar-refractivity contribution is 0.248. The van der Waals surface area contributed by atoms with Crippen molar-refractivity contribution in [2.45, 2.75) is 31.7 Å². The molecule has 16 heavy (non-hydrogen) atoms. The molecule has 0 aromatic heterocycles. The van der Waals surface area contributed by atoms with Crippen molar-refractivity contribution in [3.63, 3.8) is 0 Å². The molecule has 0 bridgehead atoms. The van der Waals surface area contributed by atoms with Crippen LogP contribution in [0, 0.1) is 0 Å². The first kappa shape index (κ1) is 11.5. The summed E-state index contributed by atoms with van der Waals surface area (Å²) < 4.78 is 1.01. The van der Waals surface area contributed by atoms with Gasteiger partial charge in [-0.3, -0.25) is 0 Å². The van der Waals surface area contributed by atoms with Gasteiger partial charge in [-0.15, -0.1) is 0 Å². The number of anilines is 1. The summed E-state index contributed by atoms with van der Waals surface area (Å²) in [6, 6.07) is 7.82. The molecule has 0 spiro atoms. The lowest BCUT2D eigenvalue weighted by atomic mass is 10.2. The number of hydrogen-bond donors (Lipinski definition) is 2. The summed E-state index contributed by atoms with van der Waals surface area (Å²) in [6.45, 7) is 0. The second kappa shape index (κ2) is 5.34. The molecule has 1 aromatic rings. The highest BCUT2D eigenvalue weighted by molar-refractivity contribution is 9.10. The number of halogens is 1. The number of nitrogens with one attached hydrogen (secondary N) is 2. The van der Waals surface area contributed by atoms with E-state index in [0.29, 0.717) is 6.04 Å². The Bertz CT molecular complexity index is 358. The highest BCUT2D eigenvalue weighted by Gasteiger charge is 2.16. The van der Waals surface area contributed by atoms with Gasteiger partial charge in [-0.2, -0.15) is 0 Å². The van der Waals surface area contributed by atoms with E-state index in [1.54, 1.807) is 0 Å². The van der Waals surface area contributed by atoms with Crippen LogP contribution in [0.2, 0.25) is 0 Å². The summed E-state index contributed by atoms with van der Waals surface area (Å²) in [4.78, 5) is 11.6. The molecule has 86 valence electrons. The maximum atomic E-state index is 11.6. The lowest BCUT2D eigenvalue weighted by Crippen LogP contribution is -2.36. The van der Waals surface area contributed by atoms with Crippen LogP contribution in [0.1, 0.15) is 25.7 Å². The Morgan fingerprint density at radius 3 is 2.44 bits per heavy atom. The van der Waals surface area contributed by atoms with Crippen molar-refractivity contribution >= 4 is 27.6 Å². The monoisotopic (exact) mass is 282 g/mol. The first-order valence-electron chi connectivity index (χ1n) is 5.57. The molecule has 0 aliphatic heterocycles. The van der Waals surface area contributed by atoms with Crippen LogP contribution < -0.4 is 10.6 Å². The molecule has 1 fully saturated rings. The van der Waals surface area contributed by atoms with E-state index in [-0.39, 0.29) is 6.03 Å². The van der Waals surface area contributed by atoms with Crippen molar-refractivity contribution in [2.24, 2.45) is 0 Å². The van der Waals surface area contributed by atoms with E-state index < -0.39 is 0 Å². The second-order valence-electron chi connectivity index (χ2n) is 4.09. The zero-order valence-corrected chi connectivity index (χ0v) is 10.6. The van der Waals surface area contributed by atoms with Gasteiger partial charge in [0.2, 0.25) is 0 Å². The highest BCUT2D eigenvalue weighted by atomic mass is 79.9. The van der Waals surface area contributed by atoms with E-state index in [1.807, 2.05) is 24.3 Å². The number of carbonyl (C=O) groups is 1. The predicted molar refractivity (Wildman–Crippen MR) is 68.6 cm³/mol. The van der Waals surface area contributed by atoms with Gasteiger partial charge in [0.05, 0.1) is 0 Å². The number of rotatable bonds is 2. The lowest BCUT2D eigenvalue weighted by Gasteiger charge is -2.12. The smallest absolute Gasteiger partial charge is 0.319 e. The average molecular weight is 283 g/mol. The minimum Gasteiger partial charge on any atom is -0.335 e. The SMILES string of the molecule is O=C(Nc1ccc(Br)cc1)NC1CCCC1. The molecule has 1 aromatic carbocycles. The number of hydrogen-bond acceptors (Lipinski definition) is 1. The van der Waals surface area contributed by atoms with Crippen LogP contribution in [-0.2, 0) is 0 Å². The standard InChI is InChI=1S/C12H15BrN2O/c13-9-5-7-11(8-6-9)15-12(16)14-10-3-1-2-4-10/h5-8,10H,1-4H2,(H2,14,15,16). The Morgan fingerprint density at radius 2 is 1.81 bits per heavy atom. The molecule has 0 radical (unpaired) electrons. The Morgan fingerprint density at radius 1 is 1.19 bits per heavy atom. The molecule has 0 atom stereocenters. The molecule has 0 unspecified atom stereocenters. The second-order valence-corrected chi connectivity index (χ2v) is 5.00. The fourth-order valence-electron chi connectivity index (χ4n) is 1.96. The van der Waals surface area contributed by atoms with E-state index in [2.05, 4.69) is 26.6 Å². The molecule has 1 aliphatic carbocycles. The van der Waals surface area contributed by atoms with Gasteiger partial charge in [0, 0.05) is 16.2 Å². The molecule has 2 rings (SSSR count). The third kappa shape index (κ3) is 3.23. The molecular weight excluding hydrogens is 268 g/mol. The van der Waals surface area contributed by atoms with Crippen molar-refractivity contribution in [3.8, 4) is 0 Å². The van der Waals surface area contributed by atoms with Crippen molar-refractivity contribution in [1.82, 2.24) is 5.32 Å². The van der Waals surface area contributed by atoms with E-state index in [0.717, 1.165) is 23.0 Å². The summed E-state index contributed by atoms with van der Waals surface area (Å²) in [6.07, 6.45) is 4.66.